The number of hydrogen-bond donors (Lipinski definition) is 0. The van der Waals surface area contributed by atoms with Gasteiger partial charge in [0.2, 0.25) is 5.91 Å². The Morgan fingerprint density at radius 3 is 2.56 bits per heavy atom. The maximum Gasteiger partial charge on any atom is 0.224 e. The van der Waals surface area contributed by atoms with Crippen LogP contribution in [0.5, 0.6) is 0 Å². The average molecular weight is 249 g/mol. The Kier molecular flexibility index (Phi) is 3.96. The van der Waals surface area contributed by atoms with Crippen LogP contribution in [0.25, 0.3) is 0 Å². The molecule has 1 fully saturated rings. The third kappa shape index (κ3) is 3.75. The second-order valence-electron chi connectivity index (χ2n) is 4.79. The zero-order valence-electron chi connectivity index (χ0n) is 10.0. The van der Waals surface area contributed by atoms with Gasteiger partial charge in [-0.2, -0.15) is 0 Å². The highest BCUT2D eigenvalue weighted by molar-refractivity contribution is 7.90. The molecular weight excluding hydrogens is 230 g/mol. The van der Waals surface area contributed by atoms with Crippen LogP contribution in [0.2, 0.25) is 0 Å². The minimum absolute atomic E-state index is 0.0578. The van der Waals surface area contributed by atoms with Gasteiger partial charge in [0, 0.05) is 19.2 Å². The van der Waals surface area contributed by atoms with Crippen molar-refractivity contribution in [2.24, 2.45) is 0 Å². The Bertz CT molecular complexity index is 361. The molecule has 0 unspecified atom stereocenters. The lowest BCUT2D eigenvalue weighted by molar-refractivity contribution is -0.145. The van der Waals surface area contributed by atoms with Crippen LogP contribution in [0.4, 0.5) is 0 Å². The molecule has 0 bridgehead atoms. The topological polar surface area (TPSA) is 63.7 Å². The molecule has 94 valence electrons. The van der Waals surface area contributed by atoms with Gasteiger partial charge in [0.1, 0.15) is 9.84 Å². The first-order valence-corrected chi connectivity index (χ1v) is 7.34. The van der Waals surface area contributed by atoms with E-state index in [4.69, 9.17) is 4.74 Å². The number of carbonyl (C=O) groups excluding carboxylic acids is 1. The summed E-state index contributed by atoms with van der Waals surface area (Å²) in [7, 11) is -3.07. The Morgan fingerprint density at radius 2 is 2.06 bits per heavy atom. The summed E-state index contributed by atoms with van der Waals surface area (Å²) in [6.45, 7) is 5.40. The van der Waals surface area contributed by atoms with Crippen LogP contribution in [0.1, 0.15) is 20.3 Å². The van der Waals surface area contributed by atoms with Crippen LogP contribution in [-0.4, -0.2) is 56.5 Å². The Labute approximate surface area is 96.7 Å². The molecule has 0 atom stereocenters. The van der Waals surface area contributed by atoms with E-state index < -0.39 is 9.84 Å². The smallest absolute Gasteiger partial charge is 0.224 e. The molecule has 0 aliphatic carbocycles. The third-order valence-corrected chi connectivity index (χ3v) is 3.58. The van der Waals surface area contributed by atoms with E-state index in [1.54, 1.807) is 4.90 Å². The van der Waals surface area contributed by atoms with Gasteiger partial charge < -0.3 is 9.64 Å². The molecule has 1 aliphatic heterocycles. The second-order valence-corrected chi connectivity index (χ2v) is 7.05. The Hall–Kier alpha value is -0.620. The minimum Gasteiger partial charge on any atom is -0.377 e. The summed E-state index contributed by atoms with van der Waals surface area (Å²) in [5.74, 6) is -0.196. The van der Waals surface area contributed by atoms with Gasteiger partial charge in [-0.25, -0.2) is 8.42 Å². The summed E-state index contributed by atoms with van der Waals surface area (Å²) < 4.78 is 27.3. The number of rotatable bonds is 3. The molecule has 0 aromatic rings. The van der Waals surface area contributed by atoms with Crippen LogP contribution < -0.4 is 0 Å². The van der Waals surface area contributed by atoms with E-state index in [-0.39, 0.29) is 23.6 Å². The molecule has 0 aromatic carbocycles. The quantitative estimate of drug-likeness (QED) is 0.709. The maximum absolute atomic E-state index is 11.9. The molecule has 1 heterocycles. The van der Waals surface area contributed by atoms with Crippen LogP contribution >= 0.6 is 0 Å². The van der Waals surface area contributed by atoms with Crippen LogP contribution in [0, 0.1) is 0 Å². The number of sulfone groups is 1. The van der Waals surface area contributed by atoms with Gasteiger partial charge >= 0.3 is 0 Å². The summed E-state index contributed by atoms with van der Waals surface area (Å²) in [6, 6.07) is 0. The van der Waals surface area contributed by atoms with Crippen molar-refractivity contribution in [3.63, 3.8) is 0 Å². The Morgan fingerprint density at radius 1 is 1.44 bits per heavy atom. The van der Waals surface area contributed by atoms with Gasteiger partial charge in [0.25, 0.3) is 0 Å². The third-order valence-electron chi connectivity index (χ3n) is 2.63. The van der Waals surface area contributed by atoms with Crippen molar-refractivity contribution in [3.8, 4) is 0 Å². The van der Waals surface area contributed by atoms with Gasteiger partial charge in [0.05, 0.1) is 24.5 Å². The lowest BCUT2D eigenvalue weighted by Crippen LogP contribution is -2.55. The van der Waals surface area contributed by atoms with Crippen molar-refractivity contribution in [1.29, 1.82) is 0 Å². The summed E-state index contributed by atoms with van der Waals surface area (Å²) in [6.07, 6.45) is 1.20. The number of ether oxygens (including phenoxy) is 1. The molecule has 1 rings (SSSR count). The van der Waals surface area contributed by atoms with Crippen LogP contribution in [0.3, 0.4) is 0 Å². The molecule has 0 N–H and O–H groups in total. The number of morpholine rings is 1. The molecule has 16 heavy (non-hydrogen) atoms. The van der Waals surface area contributed by atoms with E-state index in [0.717, 1.165) is 6.26 Å². The number of amides is 1. The Balaban J connectivity index is 2.59. The summed E-state index contributed by atoms with van der Waals surface area (Å²) in [4.78, 5) is 13.6. The highest BCUT2D eigenvalue weighted by Crippen LogP contribution is 2.19. The molecule has 6 heteroatoms. The minimum atomic E-state index is -3.07. The first-order chi connectivity index (χ1) is 7.22. The van der Waals surface area contributed by atoms with Crippen LogP contribution in [0.15, 0.2) is 0 Å². The largest absolute Gasteiger partial charge is 0.377 e. The van der Waals surface area contributed by atoms with Gasteiger partial charge in [-0.15, -0.1) is 0 Å². The molecule has 0 radical (unpaired) electrons. The number of nitrogens with zero attached hydrogens (tertiary/aromatic N) is 1. The highest BCUT2D eigenvalue weighted by atomic mass is 32.2. The molecule has 1 saturated heterocycles. The van der Waals surface area contributed by atoms with E-state index in [9.17, 15) is 13.2 Å². The lowest BCUT2D eigenvalue weighted by Gasteiger charge is -2.42. The van der Waals surface area contributed by atoms with Gasteiger partial charge in [-0.3, -0.25) is 4.79 Å². The van der Waals surface area contributed by atoms with E-state index in [1.165, 1.54) is 0 Å². The SMILES string of the molecule is CC1(C)COCCN1C(=O)CCS(C)(=O)=O. The number of carbonyl (C=O) groups is 1. The van der Waals surface area contributed by atoms with Gasteiger partial charge in [-0.05, 0) is 13.8 Å². The lowest BCUT2D eigenvalue weighted by atomic mass is 10.0. The van der Waals surface area contributed by atoms with Crippen molar-refractivity contribution in [2.45, 2.75) is 25.8 Å². The van der Waals surface area contributed by atoms with Crippen molar-refractivity contribution >= 4 is 15.7 Å². The monoisotopic (exact) mass is 249 g/mol. The first kappa shape index (κ1) is 13.4. The molecule has 5 nitrogen and oxygen atoms in total. The van der Waals surface area contributed by atoms with Gasteiger partial charge in [-0.1, -0.05) is 0 Å². The van der Waals surface area contributed by atoms with E-state index in [0.29, 0.717) is 19.8 Å². The summed E-state index contributed by atoms with van der Waals surface area (Å²) >= 11 is 0. The van der Waals surface area contributed by atoms with Crippen LogP contribution in [-0.2, 0) is 19.4 Å². The predicted octanol–water partition coefficient (Wildman–Crippen LogP) is 0.0585. The molecule has 0 saturated carbocycles. The maximum atomic E-state index is 11.9. The fourth-order valence-corrected chi connectivity index (χ4v) is 2.27. The fraction of sp³-hybridized carbons (Fsp3) is 0.900. The number of hydrogen-bond acceptors (Lipinski definition) is 4. The zero-order valence-corrected chi connectivity index (χ0v) is 10.8. The van der Waals surface area contributed by atoms with E-state index >= 15 is 0 Å². The van der Waals surface area contributed by atoms with Gasteiger partial charge in [0.15, 0.2) is 0 Å². The normalized spacial score (nSPS) is 20.8. The van der Waals surface area contributed by atoms with Crippen molar-refractivity contribution in [3.05, 3.63) is 0 Å². The predicted molar refractivity (Wildman–Crippen MR) is 60.9 cm³/mol. The molecule has 0 spiro atoms. The summed E-state index contributed by atoms with van der Waals surface area (Å²) in [5.41, 5.74) is -0.340. The summed E-state index contributed by atoms with van der Waals surface area (Å²) in [5, 5.41) is 0. The van der Waals surface area contributed by atoms with E-state index in [2.05, 4.69) is 0 Å². The molecule has 1 aliphatic rings. The van der Waals surface area contributed by atoms with Crippen molar-refractivity contribution < 1.29 is 17.9 Å². The highest BCUT2D eigenvalue weighted by Gasteiger charge is 2.33. The fourth-order valence-electron chi connectivity index (χ4n) is 1.73. The standard InChI is InChI=1S/C10H19NO4S/c1-10(2)8-15-6-5-11(10)9(12)4-7-16(3,13)14/h4-8H2,1-3H3. The molecular formula is C10H19NO4S. The average Bonchev–Trinajstić information content (AvgIpc) is 2.12. The zero-order chi connectivity index (χ0) is 12.4. The van der Waals surface area contributed by atoms with Crippen molar-refractivity contribution in [1.82, 2.24) is 4.90 Å². The molecule has 0 aromatic heterocycles. The second kappa shape index (κ2) is 4.71. The van der Waals surface area contributed by atoms with Crippen molar-refractivity contribution in [2.75, 3.05) is 31.8 Å². The first-order valence-electron chi connectivity index (χ1n) is 5.28. The van der Waals surface area contributed by atoms with E-state index in [1.807, 2.05) is 13.8 Å². The molecule has 1 amide bonds.